The molecule has 9 nitrogen and oxygen atoms in total. The lowest BCUT2D eigenvalue weighted by Crippen LogP contribution is -2.87. The van der Waals surface area contributed by atoms with Gasteiger partial charge < -0.3 is 28.8 Å². The third kappa shape index (κ3) is 1.56. The first kappa shape index (κ1) is 17.9. The largest absolute Gasteiger partial charge is 0.462 e. The van der Waals surface area contributed by atoms with Gasteiger partial charge in [-0.05, 0) is 19.3 Å². The van der Waals surface area contributed by atoms with Crippen LogP contribution >= 0.6 is 0 Å². The topological polar surface area (TPSA) is 118 Å². The van der Waals surface area contributed by atoms with Crippen LogP contribution in [0.1, 0.15) is 40.0 Å². The Balaban J connectivity index is 1.64. The first-order valence-corrected chi connectivity index (χ1v) is 9.95. The van der Waals surface area contributed by atoms with Crippen molar-refractivity contribution in [3.05, 3.63) is 11.6 Å². The molecule has 0 aromatic carbocycles. The molecule has 0 aromatic rings. The lowest BCUT2D eigenvalue weighted by atomic mass is 9.41. The van der Waals surface area contributed by atoms with Gasteiger partial charge in [0.25, 0.3) is 0 Å². The molecule has 29 heavy (non-hydrogen) atoms. The van der Waals surface area contributed by atoms with E-state index in [1.165, 1.54) is 6.08 Å². The number of ether oxygens (including phenoxy) is 5. The summed E-state index contributed by atoms with van der Waals surface area (Å²) in [6, 6.07) is 0. The van der Waals surface area contributed by atoms with Crippen molar-refractivity contribution in [2.45, 2.75) is 63.5 Å². The molecule has 0 amide bonds. The summed E-state index contributed by atoms with van der Waals surface area (Å²) in [5, 5.41) is 10.4. The smallest absolute Gasteiger partial charge is 0.333 e. The molecule has 6 fully saturated rings. The number of aliphatic hydroxyl groups is 1. The molecule has 5 bridgehead atoms. The molecule has 0 radical (unpaired) electrons. The number of aliphatic hydroxyl groups excluding tert-OH is 1. The van der Waals surface area contributed by atoms with Crippen LogP contribution in [0.5, 0.6) is 0 Å². The average molecular weight is 406 g/mol. The Kier molecular flexibility index (Phi) is 2.88. The summed E-state index contributed by atoms with van der Waals surface area (Å²) in [4.78, 5) is 37.4. The number of hydrogen-bond donors (Lipinski definition) is 1. The number of cyclic esters (lactones) is 2. The van der Waals surface area contributed by atoms with E-state index in [-0.39, 0.29) is 42.9 Å². The van der Waals surface area contributed by atoms with Crippen LogP contribution in [0.2, 0.25) is 0 Å². The molecule has 0 aromatic heterocycles. The third-order valence-corrected chi connectivity index (χ3v) is 8.68. The zero-order valence-corrected chi connectivity index (χ0v) is 16.4. The maximum Gasteiger partial charge on any atom is 0.333 e. The fourth-order valence-electron chi connectivity index (χ4n) is 7.01. The van der Waals surface area contributed by atoms with E-state index in [2.05, 4.69) is 0 Å². The molecular weight excluding hydrogens is 384 g/mol. The molecule has 1 spiro atoms. The van der Waals surface area contributed by atoms with Crippen LogP contribution in [0.15, 0.2) is 11.6 Å². The molecule has 1 N–H and O–H groups in total. The Hall–Kier alpha value is -1.97. The van der Waals surface area contributed by atoms with E-state index >= 15 is 0 Å². The van der Waals surface area contributed by atoms with Crippen molar-refractivity contribution >= 4 is 17.9 Å². The molecule has 6 heterocycles. The van der Waals surface area contributed by atoms with Crippen molar-refractivity contribution in [3.63, 3.8) is 0 Å². The molecule has 8 atom stereocenters. The maximum atomic E-state index is 12.9. The summed E-state index contributed by atoms with van der Waals surface area (Å²) in [5.74, 6) is -5.09. The van der Waals surface area contributed by atoms with Crippen molar-refractivity contribution in [2.75, 3.05) is 6.61 Å². The SMILES string of the molecule is C[C@@H]1C(=O)O[C@@]23CC[C@@]4(C)C(=O)OC[C@]45O[C@@](C4=CC(=O)OC4O)(C[C@H]1[C@]25C)O3. The van der Waals surface area contributed by atoms with Gasteiger partial charge in [0.1, 0.15) is 12.2 Å². The Bertz CT molecular complexity index is 927. The van der Waals surface area contributed by atoms with Gasteiger partial charge in [-0.1, -0.05) is 13.8 Å². The number of carbonyl (C=O) groups is 3. The second kappa shape index (κ2) is 4.68. The van der Waals surface area contributed by atoms with Crippen molar-refractivity contribution in [2.24, 2.45) is 22.7 Å². The van der Waals surface area contributed by atoms with Crippen molar-refractivity contribution in [1.82, 2.24) is 0 Å². The monoisotopic (exact) mass is 406 g/mol. The van der Waals surface area contributed by atoms with E-state index in [1.807, 2.05) is 13.8 Å². The normalized spacial score (nSPS) is 57.0. The molecule has 7 aliphatic rings. The van der Waals surface area contributed by atoms with Gasteiger partial charge in [-0.15, -0.1) is 0 Å². The highest BCUT2D eigenvalue weighted by atomic mass is 16.8. The van der Waals surface area contributed by atoms with Crippen LogP contribution in [0, 0.1) is 22.7 Å². The molecule has 9 heteroatoms. The summed E-state index contributed by atoms with van der Waals surface area (Å²) >= 11 is 0. The van der Waals surface area contributed by atoms with Gasteiger partial charge in [0.05, 0.1) is 22.3 Å². The van der Waals surface area contributed by atoms with Crippen LogP contribution in [-0.2, 0) is 38.1 Å². The number of carbonyl (C=O) groups excluding carboxylic acids is 3. The number of rotatable bonds is 1. The third-order valence-electron chi connectivity index (χ3n) is 8.68. The van der Waals surface area contributed by atoms with Crippen molar-refractivity contribution in [1.29, 1.82) is 0 Å². The van der Waals surface area contributed by atoms with Crippen LogP contribution in [0.25, 0.3) is 0 Å². The predicted molar refractivity (Wildman–Crippen MR) is 90.3 cm³/mol. The summed E-state index contributed by atoms with van der Waals surface area (Å²) in [6.07, 6.45) is 0.513. The summed E-state index contributed by atoms with van der Waals surface area (Å²) in [7, 11) is 0. The van der Waals surface area contributed by atoms with Gasteiger partial charge in [-0.3, -0.25) is 9.59 Å². The molecular formula is C20H22O9. The van der Waals surface area contributed by atoms with Crippen molar-refractivity contribution < 1.29 is 43.2 Å². The highest BCUT2D eigenvalue weighted by molar-refractivity contribution is 5.86. The van der Waals surface area contributed by atoms with Gasteiger partial charge in [-0.2, -0.15) is 0 Å². The Morgan fingerprint density at radius 1 is 1.14 bits per heavy atom. The van der Waals surface area contributed by atoms with E-state index in [1.54, 1.807) is 6.92 Å². The fourth-order valence-corrected chi connectivity index (χ4v) is 7.01. The Labute approximate surface area is 166 Å². The molecule has 1 aliphatic carbocycles. The van der Waals surface area contributed by atoms with E-state index in [9.17, 15) is 19.5 Å². The zero-order valence-electron chi connectivity index (χ0n) is 16.4. The Morgan fingerprint density at radius 3 is 2.59 bits per heavy atom. The van der Waals surface area contributed by atoms with Gasteiger partial charge in [0, 0.05) is 18.9 Å². The maximum absolute atomic E-state index is 12.9. The molecule has 1 saturated carbocycles. The first-order chi connectivity index (χ1) is 13.5. The van der Waals surface area contributed by atoms with E-state index < -0.39 is 46.2 Å². The molecule has 7 rings (SSSR count). The molecule has 1 unspecified atom stereocenters. The second-order valence-electron chi connectivity index (χ2n) is 9.56. The minimum atomic E-state index is -1.56. The van der Waals surface area contributed by atoms with Gasteiger partial charge in [0.2, 0.25) is 17.9 Å². The minimum absolute atomic E-state index is 0.00928. The Morgan fingerprint density at radius 2 is 1.90 bits per heavy atom. The van der Waals surface area contributed by atoms with Crippen LogP contribution in [-0.4, -0.2) is 53.1 Å². The molecule has 5 saturated heterocycles. The van der Waals surface area contributed by atoms with Crippen LogP contribution in [0.4, 0.5) is 0 Å². The molecule has 6 aliphatic heterocycles. The summed E-state index contributed by atoms with van der Waals surface area (Å²) in [5.41, 5.74) is -2.83. The zero-order chi connectivity index (χ0) is 20.6. The first-order valence-electron chi connectivity index (χ1n) is 9.95. The fraction of sp³-hybridized carbons (Fsp3) is 0.750. The van der Waals surface area contributed by atoms with Gasteiger partial charge >= 0.3 is 17.9 Å². The predicted octanol–water partition coefficient (Wildman–Crippen LogP) is 0.542. The lowest BCUT2D eigenvalue weighted by molar-refractivity contribution is -0.540. The second-order valence-corrected chi connectivity index (χ2v) is 9.56. The highest BCUT2D eigenvalue weighted by Crippen LogP contribution is 2.78. The summed E-state index contributed by atoms with van der Waals surface area (Å²) < 4.78 is 29.4. The van der Waals surface area contributed by atoms with Crippen LogP contribution < -0.4 is 0 Å². The average Bonchev–Trinajstić information content (AvgIpc) is 3.12. The molecule has 156 valence electrons. The van der Waals surface area contributed by atoms with E-state index in [0.717, 1.165) is 0 Å². The van der Waals surface area contributed by atoms with Crippen LogP contribution in [0.3, 0.4) is 0 Å². The summed E-state index contributed by atoms with van der Waals surface area (Å²) in [6.45, 7) is 5.55. The van der Waals surface area contributed by atoms with Gasteiger partial charge in [0.15, 0.2) is 0 Å². The highest BCUT2D eigenvalue weighted by Gasteiger charge is 2.89. The van der Waals surface area contributed by atoms with E-state index in [4.69, 9.17) is 23.7 Å². The lowest BCUT2D eigenvalue weighted by Gasteiger charge is -2.76. The van der Waals surface area contributed by atoms with Crippen molar-refractivity contribution in [3.8, 4) is 0 Å². The van der Waals surface area contributed by atoms with E-state index in [0.29, 0.717) is 6.42 Å². The van der Waals surface area contributed by atoms with Gasteiger partial charge in [-0.25, -0.2) is 4.79 Å². The minimum Gasteiger partial charge on any atom is -0.462 e. The number of hydrogen-bond acceptors (Lipinski definition) is 9. The quantitative estimate of drug-likeness (QED) is 0.492. The number of esters is 3. The standard InChI is InChI=1S/C20H22O9/c1-9-11-7-18(10-6-12(21)26-14(10)23)28-19-8-25-15(24)16(19,2)4-5-20(29-18,17(11,19)3)27-13(9)22/h6,9,11,14,23H,4-5,7-8H2,1-3H3/t9-,11+,14?,16-,17-,18-,19-,20+/m0/s1.